The summed E-state index contributed by atoms with van der Waals surface area (Å²) in [5, 5.41) is 2.60. The van der Waals surface area contributed by atoms with Gasteiger partial charge in [-0.15, -0.1) is 4.91 Å². The van der Waals surface area contributed by atoms with Gasteiger partial charge in [-0.3, -0.25) is 0 Å². The van der Waals surface area contributed by atoms with E-state index in [0.717, 1.165) is 16.6 Å². The van der Waals surface area contributed by atoms with Crippen LogP contribution in [0.15, 0.2) is 23.5 Å². The van der Waals surface area contributed by atoms with Gasteiger partial charge in [-0.1, -0.05) is 6.07 Å². The molecule has 0 amide bonds. The molecule has 5 nitrogen and oxygen atoms in total. The van der Waals surface area contributed by atoms with Gasteiger partial charge >= 0.3 is 0 Å². The summed E-state index contributed by atoms with van der Waals surface area (Å²) in [6, 6.07) is 5.93. The Morgan fingerprint density at radius 3 is 3.00 bits per heavy atom. The molecule has 0 saturated carbocycles. The first-order valence-corrected chi connectivity index (χ1v) is 4.24. The number of nitroso groups, excluding NO2 is 1. The maximum atomic E-state index is 10.1. The van der Waals surface area contributed by atoms with Crippen molar-refractivity contribution in [1.82, 2.24) is 9.55 Å². The van der Waals surface area contributed by atoms with Crippen molar-refractivity contribution in [1.29, 1.82) is 0 Å². The van der Waals surface area contributed by atoms with E-state index in [2.05, 4.69) is 15.7 Å². The zero-order valence-corrected chi connectivity index (χ0v) is 7.98. The topological polar surface area (TPSA) is 59.3 Å². The van der Waals surface area contributed by atoms with Gasteiger partial charge < -0.3 is 4.57 Å². The van der Waals surface area contributed by atoms with Crippen LogP contribution in [0.5, 0.6) is 0 Å². The maximum Gasteiger partial charge on any atom is 0.227 e. The Bertz CT molecular complexity index is 489. The fourth-order valence-corrected chi connectivity index (χ4v) is 1.45. The Morgan fingerprint density at radius 1 is 1.50 bits per heavy atom. The number of aryl methyl sites for hydroxylation is 2. The van der Waals surface area contributed by atoms with E-state index in [1.165, 1.54) is 0 Å². The molecule has 1 aromatic heterocycles. The van der Waals surface area contributed by atoms with Crippen LogP contribution in [-0.2, 0) is 7.05 Å². The lowest BCUT2D eigenvalue weighted by Crippen LogP contribution is -1.96. The minimum absolute atomic E-state index is 0.459. The van der Waals surface area contributed by atoms with E-state index in [1.807, 2.05) is 32.2 Å². The molecule has 0 aliphatic heterocycles. The van der Waals surface area contributed by atoms with Gasteiger partial charge in [0.1, 0.15) is 0 Å². The van der Waals surface area contributed by atoms with E-state index in [1.54, 1.807) is 4.57 Å². The van der Waals surface area contributed by atoms with Crippen LogP contribution in [0.1, 0.15) is 5.56 Å². The molecule has 0 aliphatic rings. The minimum atomic E-state index is 0.459. The van der Waals surface area contributed by atoms with Crippen molar-refractivity contribution < 1.29 is 0 Å². The van der Waals surface area contributed by atoms with Gasteiger partial charge in [0.05, 0.1) is 16.3 Å². The second-order valence-electron chi connectivity index (χ2n) is 3.19. The molecule has 0 unspecified atom stereocenters. The number of nitrogens with zero attached hydrogens (tertiary/aromatic N) is 3. The summed E-state index contributed by atoms with van der Waals surface area (Å²) < 4.78 is 1.79. The largest absolute Gasteiger partial charge is 0.312 e. The van der Waals surface area contributed by atoms with E-state index in [-0.39, 0.29) is 0 Å². The number of anilines is 1. The smallest absolute Gasteiger partial charge is 0.227 e. The lowest BCUT2D eigenvalue weighted by atomic mass is 10.2. The van der Waals surface area contributed by atoms with Crippen LogP contribution in [0, 0.1) is 11.8 Å². The van der Waals surface area contributed by atoms with Crippen LogP contribution < -0.4 is 5.43 Å². The van der Waals surface area contributed by atoms with E-state index in [0.29, 0.717) is 5.95 Å². The summed E-state index contributed by atoms with van der Waals surface area (Å²) in [5.74, 6) is 0.459. The lowest BCUT2D eigenvalue weighted by molar-refractivity contribution is 0.941. The number of aromatic nitrogens is 2. The van der Waals surface area contributed by atoms with Crippen molar-refractivity contribution in [3.05, 3.63) is 28.7 Å². The fourth-order valence-electron chi connectivity index (χ4n) is 1.45. The molecular weight excluding hydrogens is 180 g/mol. The predicted octanol–water partition coefficient (Wildman–Crippen LogP) is 1.98. The summed E-state index contributed by atoms with van der Waals surface area (Å²) in [4.78, 5) is 14.3. The van der Waals surface area contributed by atoms with Gasteiger partial charge in [-0.05, 0) is 24.6 Å². The van der Waals surface area contributed by atoms with Crippen LogP contribution in [0.4, 0.5) is 5.95 Å². The zero-order chi connectivity index (χ0) is 10.1. The Labute approximate surface area is 80.7 Å². The number of benzene rings is 1. The molecule has 2 aromatic rings. The second-order valence-corrected chi connectivity index (χ2v) is 3.19. The van der Waals surface area contributed by atoms with Gasteiger partial charge in [0.15, 0.2) is 0 Å². The SMILES string of the molecule is Cc1ccc2c(c1)nc(NN=O)n2C. The van der Waals surface area contributed by atoms with Crippen molar-refractivity contribution in [2.45, 2.75) is 6.92 Å². The van der Waals surface area contributed by atoms with E-state index in [4.69, 9.17) is 0 Å². The third kappa shape index (κ3) is 1.22. The highest BCUT2D eigenvalue weighted by atomic mass is 16.3. The first kappa shape index (κ1) is 8.68. The molecule has 0 aliphatic carbocycles. The Hall–Kier alpha value is -1.91. The van der Waals surface area contributed by atoms with Crippen LogP contribution in [0.25, 0.3) is 11.0 Å². The lowest BCUT2D eigenvalue weighted by Gasteiger charge is -1.97. The Kier molecular flexibility index (Phi) is 1.92. The van der Waals surface area contributed by atoms with Crippen molar-refractivity contribution in [2.24, 2.45) is 12.3 Å². The minimum Gasteiger partial charge on any atom is -0.312 e. The molecular formula is C9H10N4O. The molecule has 0 saturated heterocycles. The molecule has 0 spiro atoms. The molecule has 0 atom stereocenters. The molecule has 72 valence electrons. The van der Waals surface area contributed by atoms with Crippen LogP contribution in [-0.4, -0.2) is 9.55 Å². The number of hydrogen-bond acceptors (Lipinski definition) is 3. The van der Waals surface area contributed by atoms with Crippen LogP contribution in [0.3, 0.4) is 0 Å². The number of fused-ring (bicyclic) bond motifs is 1. The van der Waals surface area contributed by atoms with Gasteiger partial charge in [0.2, 0.25) is 5.95 Å². The molecule has 1 N–H and O–H groups in total. The molecule has 0 radical (unpaired) electrons. The first-order valence-electron chi connectivity index (χ1n) is 4.24. The Morgan fingerprint density at radius 2 is 2.29 bits per heavy atom. The summed E-state index contributed by atoms with van der Waals surface area (Å²) in [6.07, 6.45) is 0. The van der Waals surface area contributed by atoms with Gasteiger partial charge in [-0.25, -0.2) is 10.4 Å². The zero-order valence-electron chi connectivity index (χ0n) is 7.98. The standard InChI is InChI=1S/C9H10N4O/c1-6-3-4-8-7(5-6)10-9(11-12-14)13(8)2/h3-5H,1-2H3,(H,10,11,14). The highest BCUT2D eigenvalue weighted by molar-refractivity contribution is 5.79. The molecule has 5 heteroatoms. The van der Waals surface area contributed by atoms with E-state index < -0.39 is 0 Å². The summed E-state index contributed by atoms with van der Waals surface area (Å²) in [5.41, 5.74) is 5.28. The molecule has 1 aromatic carbocycles. The van der Waals surface area contributed by atoms with Crippen molar-refractivity contribution in [3.8, 4) is 0 Å². The average Bonchev–Trinajstić information content (AvgIpc) is 2.44. The van der Waals surface area contributed by atoms with Crippen molar-refractivity contribution in [2.75, 3.05) is 5.43 Å². The van der Waals surface area contributed by atoms with Crippen molar-refractivity contribution in [3.63, 3.8) is 0 Å². The van der Waals surface area contributed by atoms with E-state index in [9.17, 15) is 4.91 Å². The maximum absolute atomic E-state index is 10.1. The number of nitrogens with one attached hydrogen (secondary N) is 1. The third-order valence-electron chi connectivity index (χ3n) is 2.18. The highest BCUT2D eigenvalue weighted by Crippen LogP contribution is 2.18. The number of rotatable bonds is 2. The van der Waals surface area contributed by atoms with Gasteiger partial charge in [0, 0.05) is 7.05 Å². The number of imidazole rings is 1. The third-order valence-corrected chi connectivity index (χ3v) is 2.18. The molecule has 2 rings (SSSR count). The van der Waals surface area contributed by atoms with Crippen molar-refractivity contribution >= 4 is 17.0 Å². The first-order chi connectivity index (χ1) is 6.72. The quantitative estimate of drug-likeness (QED) is 0.581. The monoisotopic (exact) mass is 190 g/mol. The molecule has 1 heterocycles. The second kappa shape index (κ2) is 3.10. The fraction of sp³-hybridized carbons (Fsp3) is 0.222. The Balaban J connectivity index is 2.66. The van der Waals surface area contributed by atoms with Crippen LogP contribution >= 0.6 is 0 Å². The average molecular weight is 190 g/mol. The van der Waals surface area contributed by atoms with Crippen LogP contribution in [0.2, 0.25) is 0 Å². The summed E-state index contributed by atoms with van der Waals surface area (Å²) in [6.45, 7) is 2.00. The summed E-state index contributed by atoms with van der Waals surface area (Å²) in [7, 11) is 1.83. The van der Waals surface area contributed by atoms with E-state index >= 15 is 0 Å². The number of hydrogen-bond donors (Lipinski definition) is 1. The predicted molar refractivity (Wildman–Crippen MR) is 54.9 cm³/mol. The van der Waals surface area contributed by atoms with Gasteiger partial charge in [0.25, 0.3) is 0 Å². The molecule has 0 bridgehead atoms. The molecule has 0 fully saturated rings. The summed E-state index contributed by atoms with van der Waals surface area (Å²) >= 11 is 0. The highest BCUT2D eigenvalue weighted by Gasteiger charge is 2.06. The normalized spacial score (nSPS) is 10.4. The molecule has 14 heavy (non-hydrogen) atoms. The van der Waals surface area contributed by atoms with Gasteiger partial charge in [-0.2, -0.15) is 0 Å².